The number of anilines is 1. The van der Waals surface area contributed by atoms with Gasteiger partial charge in [0.15, 0.2) is 0 Å². The fourth-order valence-electron chi connectivity index (χ4n) is 1.85. The Kier molecular flexibility index (Phi) is 4.29. The van der Waals surface area contributed by atoms with Gasteiger partial charge in [-0.2, -0.15) is 11.8 Å². The van der Waals surface area contributed by atoms with Crippen LogP contribution in [0.1, 0.15) is 12.8 Å². The Balaban J connectivity index is 2.02. The Morgan fingerprint density at radius 3 is 3.06 bits per heavy atom. The van der Waals surface area contributed by atoms with Gasteiger partial charge in [0.1, 0.15) is 0 Å². The van der Waals surface area contributed by atoms with Crippen molar-refractivity contribution < 1.29 is 4.21 Å². The molecule has 1 saturated heterocycles. The summed E-state index contributed by atoms with van der Waals surface area (Å²) in [6.07, 6.45) is 4.25. The first-order valence-corrected chi connectivity index (χ1v) is 8.25. The quantitative estimate of drug-likeness (QED) is 0.900. The van der Waals surface area contributed by atoms with E-state index < -0.39 is 10.8 Å². The predicted octanol–water partition coefficient (Wildman–Crippen LogP) is 2.73. The molecular formula is C12H17NOS2. The topological polar surface area (TPSA) is 29.1 Å². The monoisotopic (exact) mass is 255 g/mol. The molecule has 0 amide bonds. The minimum absolute atomic E-state index is 0.569. The molecule has 1 aliphatic rings. The van der Waals surface area contributed by atoms with Crippen LogP contribution in [0.5, 0.6) is 0 Å². The van der Waals surface area contributed by atoms with Crippen LogP contribution in [0.3, 0.4) is 0 Å². The molecule has 0 radical (unpaired) electrons. The van der Waals surface area contributed by atoms with Gasteiger partial charge in [-0.25, -0.2) is 0 Å². The molecule has 2 rings (SSSR count). The second-order valence-electron chi connectivity index (χ2n) is 4.04. The van der Waals surface area contributed by atoms with Gasteiger partial charge in [-0.15, -0.1) is 0 Å². The molecule has 2 nitrogen and oxygen atoms in total. The lowest BCUT2D eigenvalue weighted by Crippen LogP contribution is -2.25. The molecule has 1 fully saturated rings. The van der Waals surface area contributed by atoms with Crippen molar-refractivity contribution in [2.75, 3.05) is 23.1 Å². The normalized spacial score (nSPS) is 22.7. The average Bonchev–Trinajstić information content (AvgIpc) is 2.30. The molecule has 4 heteroatoms. The van der Waals surface area contributed by atoms with Crippen LogP contribution >= 0.6 is 11.8 Å². The Labute approximate surface area is 104 Å². The third-order valence-electron chi connectivity index (χ3n) is 2.70. The molecule has 1 aliphatic heterocycles. The van der Waals surface area contributed by atoms with Crippen molar-refractivity contribution in [2.45, 2.75) is 23.8 Å². The van der Waals surface area contributed by atoms with Crippen LogP contribution in [0.15, 0.2) is 29.2 Å². The fraction of sp³-hybridized carbons (Fsp3) is 0.500. The van der Waals surface area contributed by atoms with E-state index >= 15 is 0 Å². The summed E-state index contributed by atoms with van der Waals surface area (Å²) in [6.45, 7) is 0. The average molecular weight is 255 g/mol. The van der Waals surface area contributed by atoms with Gasteiger partial charge in [-0.05, 0) is 36.8 Å². The standard InChI is InChI=1S/C12H17NOS2/c1-16(14)12-6-2-4-10(8-12)13-11-5-3-7-15-9-11/h2,4,6,8,11,13H,3,5,7,9H2,1H3. The maximum absolute atomic E-state index is 11.4. The second kappa shape index (κ2) is 5.73. The molecule has 1 aromatic carbocycles. The number of rotatable bonds is 3. The molecule has 2 atom stereocenters. The zero-order valence-corrected chi connectivity index (χ0v) is 11.1. The van der Waals surface area contributed by atoms with Crippen LogP contribution in [0.2, 0.25) is 0 Å². The minimum atomic E-state index is -0.891. The Hall–Kier alpha value is -0.480. The summed E-state index contributed by atoms with van der Waals surface area (Å²) in [5.41, 5.74) is 1.10. The summed E-state index contributed by atoms with van der Waals surface area (Å²) in [5.74, 6) is 2.47. The van der Waals surface area contributed by atoms with Crippen molar-refractivity contribution in [1.82, 2.24) is 0 Å². The second-order valence-corrected chi connectivity index (χ2v) is 6.57. The summed E-state index contributed by atoms with van der Waals surface area (Å²) >= 11 is 2.01. The SMILES string of the molecule is CS(=O)c1cccc(NC2CCCSC2)c1. The molecule has 0 aliphatic carbocycles. The van der Waals surface area contributed by atoms with Gasteiger partial charge in [0.05, 0.1) is 0 Å². The predicted molar refractivity (Wildman–Crippen MR) is 72.7 cm³/mol. The van der Waals surface area contributed by atoms with Crippen LogP contribution in [0.25, 0.3) is 0 Å². The molecule has 0 aromatic heterocycles. The van der Waals surface area contributed by atoms with E-state index in [1.54, 1.807) is 6.26 Å². The third kappa shape index (κ3) is 3.25. The maximum Gasteiger partial charge on any atom is 0.0498 e. The number of benzene rings is 1. The highest BCUT2D eigenvalue weighted by atomic mass is 32.2. The van der Waals surface area contributed by atoms with E-state index in [9.17, 15) is 4.21 Å². The van der Waals surface area contributed by atoms with Crippen molar-refractivity contribution in [3.8, 4) is 0 Å². The Bertz CT molecular complexity index is 375. The summed E-state index contributed by atoms with van der Waals surface area (Å²) in [4.78, 5) is 0.897. The zero-order valence-electron chi connectivity index (χ0n) is 9.44. The first-order valence-electron chi connectivity index (χ1n) is 5.53. The van der Waals surface area contributed by atoms with Gasteiger partial charge in [0.25, 0.3) is 0 Å². The van der Waals surface area contributed by atoms with E-state index in [2.05, 4.69) is 11.4 Å². The molecule has 1 N–H and O–H groups in total. The smallest absolute Gasteiger partial charge is 0.0498 e. The molecule has 16 heavy (non-hydrogen) atoms. The molecule has 2 unspecified atom stereocenters. The van der Waals surface area contributed by atoms with Crippen LogP contribution < -0.4 is 5.32 Å². The van der Waals surface area contributed by atoms with Crippen molar-refractivity contribution in [1.29, 1.82) is 0 Å². The van der Waals surface area contributed by atoms with Crippen molar-refractivity contribution in [3.63, 3.8) is 0 Å². The van der Waals surface area contributed by atoms with E-state index in [1.165, 1.54) is 24.3 Å². The highest BCUT2D eigenvalue weighted by Crippen LogP contribution is 2.21. The number of nitrogens with one attached hydrogen (secondary N) is 1. The molecule has 1 heterocycles. The number of thioether (sulfide) groups is 1. The molecule has 1 aromatic rings. The van der Waals surface area contributed by atoms with Gasteiger partial charge < -0.3 is 5.32 Å². The summed E-state index contributed by atoms with van der Waals surface area (Å²) in [5, 5.41) is 3.52. The molecule has 0 saturated carbocycles. The van der Waals surface area contributed by atoms with Crippen LogP contribution in [-0.4, -0.2) is 28.0 Å². The van der Waals surface area contributed by atoms with Crippen LogP contribution in [0, 0.1) is 0 Å². The first kappa shape index (κ1) is 12.0. The Morgan fingerprint density at radius 1 is 1.50 bits per heavy atom. The van der Waals surface area contributed by atoms with E-state index in [1.807, 2.05) is 30.0 Å². The first-order chi connectivity index (χ1) is 7.75. The van der Waals surface area contributed by atoms with E-state index in [-0.39, 0.29) is 0 Å². The van der Waals surface area contributed by atoms with Crippen LogP contribution in [0.4, 0.5) is 5.69 Å². The van der Waals surface area contributed by atoms with E-state index in [0.29, 0.717) is 6.04 Å². The summed E-state index contributed by atoms with van der Waals surface area (Å²) in [6, 6.07) is 8.50. The zero-order chi connectivity index (χ0) is 11.4. The van der Waals surface area contributed by atoms with Gasteiger partial charge in [-0.1, -0.05) is 6.07 Å². The number of hydrogen-bond acceptors (Lipinski definition) is 3. The van der Waals surface area contributed by atoms with E-state index in [0.717, 1.165) is 10.6 Å². The summed E-state index contributed by atoms with van der Waals surface area (Å²) in [7, 11) is -0.891. The highest BCUT2D eigenvalue weighted by Gasteiger charge is 2.13. The van der Waals surface area contributed by atoms with Gasteiger partial charge in [0.2, 0.25) is 0 Å². The minimum Gasteiger partial charge on any atom is -0.381 e. The highest BCUT2D eigenvalue weighted by molar-refractivity contribution is 7.99. The maximum atomic E-state index is 11.4. The van der Waals surface area contributed by atoms with Crippen molar-refractivity contribution in [3.05, 3.63) is 24.3 Å². The van der Waals surface area contributed by atoms with Gasteiger partial charge in [-0.3, -0.25) is 4.21 Å². The Morgan fingerprint density at radius 2 is 2.38 bits per heavy atom. The van der Waals surface area contributed by atoms with Crippen molar-refractivity contribution >= 4 is 28.2 Å². The molecular weight excluding hydrogens is 238 g/mol. The van der Waals surface area contributed by atoms with E-state index in [4.69, 9.17) is 0 Å². The van der Waals surface area contributed by atoms with Gasteiger partial charge >= 0.3 is 0 Å². The molecule has 88 valence electrons. The van der Waals surface area contributed by atoms with Crippen molar-refractivity contribution in [2.24, 2.45) is 0 Å². The third-order valence-corrected chi connectivity index (χ3v) is 4.83. The lowest BCUT2D eigenvalue weighted by Gasteiger charge is -2.23. The number of hydrogen-bond donors (Lipinski definition) is 1. The largest absolute Gasteiger partial charge is 0.381 e. The lowest BCUT2D eigenvalue weighted by molar-refractivity contribution is 0.683. The summed E-state index contributed by atoms with van der Waals surface area (Å²) < 4.78 is 11.4. The van der Waals surface area contributed by atoms with Gasteiger partial charge in [0, 0.05) is 39.4 Å². The van der Waals surface area contributed by atoms with Crippen LogP contribution in [-0.2, 0) is 10.8 Å². The fourth-order valence-corrected chi connectivity index (χ4v) is 3.49. The lowest BCUT2D eigenvalue weighted by atomic mass is 10.2. The molecule has 0 bridgehead atoms. The molecule has 0 spiro atoms.